The molecule has 1 saturated heterocycles. The zero-order valence-electron chi connectivity index (χ0n) is 10.6. The third-order valence-electron chi connectivity index (χ3n) is 2.83. The van der Waals surface area contributed by atoms with E-state index in [0.717, 1.165) is 22.3 Å². The van der Waals surface area contributed by atoms with Gasteiger partial charge in [0.2, 0.25) is 0 Å². The number of amides is 1. The summed E-state index contributed by atoms with van der Waals surface area (Å²) < 4.78 is 6.03. The van der Waals surface area contributed by atoms with E-state index in [1.165, 1.54) is 0 Å². The molecule has 0 saturated carbocycles. The Labute approximate surface area is 135 Å². The van der Waals surface area contributed by atoms with E-state index in [2.05, 4.69) is 0 Å². The number of carbonyl (C=O) groups excluding carboxylic acids is 1. The largest absolute Gasteiger partial charge is 0.457 e. The molecule has 21 heavy (non-hydrogen) atoms. The number of furan rings is 1. The van der Waals surface area contributed by atoms with Gasteiger partial charge in [0.25, 0.3) is 5.91 Å². The molecule has 1 aliphatic heterocycles. The van der Waals surface area contributed by atoms with Crippen LogP contribution < -0.4 is 5.84 Å². The first-order valence-electron chi connectivity index (χ1n) is 5.93. The SMILES string of the molecule is NN1C(=O)C(=Cc2ccc(-c3cccc(Cl)c3)o2)SC1=S. The number of rotatable bonds is 2. The van der Waals surface area contributed by atoms with Crippen LogP contribution in [-0.2, 0) is 4.79 Å². The van der Waals surface area contributed by atoms with Crippen molar-refractivity contribution in [1.82, 2.24) is 5.01 Å². The van der Waals surface area contributed by atoms with Gasteiger partial charge in [0.1, 0.15) is 11.5 Å². The summed E-state index contributed by atoms with van der Waals surface area (Å²) in [5, 5.41) is 1.58. The Bertz CT molecular complexity index is 770. The number of thioether (sulfide) groups is 1. The van der Waals surface area contributed by atoms with Crippen LogP contribution >= 0.6 is 35.6 Å². The highest BCUT2D eigenvalue weighted by atomic mass is 35.5. The maximum atomic E-state index is 11.8. The van der Waals surface area contributed by atoms with Gasteiger partial charge >= 0.3 is 0 Å². The van der Waals surface area contributed by atoms with Crippen LogP contribution in [0.15, 0.2) is 45.7 Å². The Morgan fingerprint density at radius 2 is 2.14 bits per heavy atom. The number of hydrogen-bond donors (Lipinski definition) is 1. The monoisotopic (exact) mass is 336 g/mol. The van der Waals surface area contributed by atoms with Crippen molar-refractivity contribution in [2.45, 2.75) is 0 Å². The van der Waals surface area contributed by atoms with Crippen molar-refractivity contribution in [2.75, 3.05) is 0 Å². The summed E-state index contributed by atoms with van der Waals surface area (Å²) in [6, 6.07) is 10.9. The van der Waals surface area contributed by atoms with E-state index < -0.39 is 0 Å². The van der Waals surface area contributed by atoms with Crippen molar-refractivity contribution < 1.29 is 9.21 Å². The molecule has 2 N–H and O–H groups in total. The molecule has 1 aromatic carbocycles. The summed E-state index contributed by atoms with van der Waals surface area (Å²) in [6.45, 7) is 0. The average Bonchev–Trinajstić information content (AvgIpc) is 3.01. The van der Waals surface area contributed by atoms with E-state index in [0.29, 0.717) is 25.8 Å². The quantitative estimate of drug-likeness (QED) is 0.392. The Balaban J connectivity index is 1.89. The molecule has 1 amide bonds. The molecule has 2 aromatic rings. The second-order valence-electron chi connectivity index (χ2n) is 4.26. The molecule has 0 spiro atoms. The Kier molecular flexibility index (Phi) is 3.86. The first-order valence-corrected chi connectivity index (χ1v) is 7.53. The second kappa shape index (κ2) is 5.65. The van der Waals surface area contributed by atoms with Gasteiger partial charge in [-0.05, 0) is 24.3 Å². The number of hydrazine groups is 1. The number of thiocarbonyl (C=S) groups is 1. The van der Waals surface area contributed by atoms with Crippen molar-refractivity contribution in [3.05, 3.63) is 52.1 Å². The van der Waals surface area contributed by atoms with Gasteiger partial charge in [-0.15, -0.1) is 0 Å². The van der Waals surface area contributed by atoms with E-state index in [9.17, 15) is 4.79 Å². The van der Waals surface area contributed by atoms with Crippen LogP contribution in [0.1, 0.15) is 5.76 Å². The number of nitrogens with two attached hydrogens (primary N) is 1. The predicted molar refractivity (Wildman–Crippen MR) is 88.4 cm³/mol. The normalized spacial score (nSPS) is 17.0. The minimum atomic E-state index is -0.328. The highest BCUT2D eigenvalue weighted by Crippen LogP contribution is 2.32. The smallest absolute Gasteiger partial charge is 0.280 e. The first kappa shape index (κ1) is 14.3. The van der Waals surface area contributed by atoms with Crippen LogP contribution in [0.2, 0.25) is 5.02 Å². The van der Waals surface area contributed by atoms with Crippen LogP contribution in [0.4, 0.5) is 0 Å². The lowest BCUT2D eigenvalue weighted by Gasteiger charge is -2.02. The van der Waals surface area contributed by atoms with Gasteiger partial charge in [0, 0.05) is 16.7 Å². The third kappa shape index (κ3) is 2.89. The molecule has 3 rings (SSSR count). The zero-order chi connectivity index (χ0) is 15.0. The number of benzene rings is 1. The molecular weight excluding hydrogens is 328 g/mol. The number of halogens is 1. The molecule has 0 aliphatic carbocycles. The maximum absolute atomic E-state index is 11.8. The molecule has 0 atom stereocenters. The van der Waals surface area contributed by atoms with Crippen LogP contribution in [-0.4, -0.2) is 15.2 Å². The molecule has 106 valence electrons. The number of carbonyl (C=O) groups is 1. The molecule has 4 nitrogen and oxygen atoms in total. The summed E-state index contributed by atoms with van der Waals surface area (Å²) >= 11 is 12.1. The molecule has 7 heteroatoms. The lowest BCUT2D eigenvalue weighted by molar-refractivity contribution is -0.122. The lowest BCUT2D eigenvalue weighted by atomic mass is 10.2. The van der Waals surface area contributed by atoms with E-state index in [4.69, 9.17) is 34.1 Å². The van der Waals surface area contributed by atoms with Crippen molar-refractivity contribution in [3.8, 4) is 11.3 Å². The fourth-order valence-corrected chi connectivity index (χ4v) is 3.11. The summed E-state index contributed by atoms with van der Waals surface area (Å²) in [5.74, 6) is 6.41. The number of nitrogens with zero attached hydrogens (tertiary/aromatic N) is 1. The van der Waals surface area contributed by atoms with Gasteiger partial charge in [0.15, 0.2) is 4.32 Å². The molecule has 1 aromatic heterocycles. The van der Waals surface area contributed by atoms with Crippen LogP contribution in [0.25, 0.3) is 17.4 Å². The van der Waals surface area contributed by atoms with Gasteiger partial charge in [0.05, 0.1) is 4.91 Å². The molecule has 0 bridgehead atoms. The van der Waals surface area contributed by atoms with Crippen LogP contribution in [0.5, 0.6) is 0 Å². The zero-order valence-corrected chi connectivity index (χ0v) is 13.0. The molecular formula is C14H9ClN2O2S2. The van der Waals surface area contributed by atoms with Crippen molar-refractivity contribution in [1.29, 1.82) is 0 Å². The molecule has 2 heterocycles. The van der Waals surface area contributed by atoms with E-state index in [1.807, 2.05) is 24.3 Å². The fourth-order valence-electron chi connectivity index (χ4n) is 1.84. The van der Waals surface area contributed by atoms with Crippen LogP contribution in [0.3, 0.4) is 0 Å². The van der Waals surface area contributed by atoms with Gasteiger partial charge in [-0.1, -0.05) is 47.7 Å². The Morgan fingerprint density at radius 3 is 2.81 bits per heavy atom. The standard InChI is InChI=1S/C14H9ClN2O2S2/c15-9-3-1-2-8(6-9)11-5-4-10(19-11)7-12-13(18)17(16)14(20)21-12/h1-7H,16H2. The predicted octanol–water partition coefficient (Wildman–Crippen LogP) is 3.67. The molecule has 0 radical (unpaired) electrons. The van der Waals surface area contributed by atoms with E-state index >= 15 is 0 Å². The summed E-state index contributed by atoms with van der Waals surface area (Å²) in [4.78, 5) is 12.2. The minimum Gasteiger partial charge on any atom is -0.457 e. The van der Waals surface area contributed by atoms with Gasteiger partial charge in [-0.2, -0.15) is 0 Å². The summed E-state index contributed by atoms with van der Waals surface area (Å²) in [6.07, 6.45) is 1.63. The molecule has 1 fully saturated rings. The van der Waals surface area contributed by atoms with Gasteiger partial charge < -0.3 is 4.42 Å². The van der Waals surface area contributed by atoms with Crippen molar-refractivity contribution in [2.24, 2.45) is 5.84 Å². The maximum Gasteiger partial charge on any atom is 0.280 e. The van der Waals surface area contributed by atoms with Crippen molar-refractivity contribution >= 4 is 51.9 Å². The highest BCUT2D eigenvalue weighted by Gasteiger charge is 2.30. The summed E-state index contributed by atoms with van der Waals surface area (Å²) in [7, 11) is 0. The van der Waals surface area contributed by atoms with E-state index in [1.54, 1.807) is 18.2 Å². The molecule has 1 aliphatic rings. The van der Waals surface area contributed by atoms with Gasteiger partial charge in [-0.25, -0.2) is 10.9 Å². The topological polar surface area (TPSA) is 59.5 Å². The molecule has 0 unspecified atom stereocenters. The second-order valence-corrected chi connectivity index (χ2v) is 6.38. The van der Waals surface area contributed by atoms with E-state index in [-0.39, 0.29) is 5.91 Å². The first-order chi connectivity index (χ1) is 10.0. The summed E-state index contributed by atoms with van der Waals surface area (Å²) in [5.41, 5.74) is 0.869. The fraction of sp³-hybridized carbons (Fsp3) is 0. The Morgan fingerprint density at radius 1 is 1.33 bits per heavy atom. The third-order valence-corrected chi connectivity index (χ3v) is 4.40. The van der Waals surface area contributed by atoms with Crippen molar-refractivity contribution in [3.63, 3.8) is 0 Å². The Hall–Kier alpha value is -1.60. The van der Waals surface area contributed by atoms with Gasteiger partial charge in [-0.3, -0.25) is 4.79 Å². The lowest BCUT2D eigenvalue weighted by Crippen LogP contribution is -2.34. The minimum absolute atomic E-state index is 0.327. The van der Waals surface area contributed by atoms with Crippen LogP contribution in [0, 0.1) is 0 Å². The number of hydrogen-bond acceptors (Lipinski definition) is 5. The average molecular weight is 337 g/mol. The highest BCUT2D eigenvalue weighted by molar-refractivity contribution is 8.26.